The zero-order valence-electron chi connectivity index (χ0n) is 14.0. The summed E-state index contributed by atoms with van der Waals surface area (Å²) in [6.45, 7) is 5.97. The number of nitrogens with zero attached hydrogens (tertiary/aromatic N) is 2. The molecule has 8 nitrogen and oxygen atoms in total. The van der Waals surface area contributed by atoms with Gasteiger partial charge in [-0.3, -0.25) is 9.48 Å². The molecule has 0 radical (unpaired) electrons. The topological polar surface area (TPSA) is 101 Å². The number of hydrogen-bond acceptors (Lipinski definition) is 4. The molecule has 2 heterocycles. The van der Waals surface area contributed by atoms with E-state index in [1.165, 1.54) is 6.26 Å². The first-order valence-corrected chi connectivity index (χ1v) is 7.90. The number of aryl methyl sites for hydroxylation is 3. The van der Waals surface area contributed by atoms with Crippen molar-refractivity contribution in [3.63, 3.8) is 0 Å². The van der Waals surface area contributed by atoms with Gasteiger partial charge in [-0.2, -0.15) is 5.10 Å². The largest absolute Gasteiger partial charge is 0.459 e. The van der Waals surface area contributed by atoms with Crippen molar-refractivity contribution >= 4 is 11.9 Å². The van der Waals surface area contributed by atoms with Crippen LogP contribution in [0.1, 0.15) is 28.4 Å². The quantitative estimate of drug-likeness (QED) is 0.632. The Morgan fingerprint density at radius 2 is 1.92 bits per heavy atom. The van der Waals surface area contributed by atoms with Crippen molar-refractivity contribution in [2.75, 3.05) is 19.6 Å². The summed E-state index contributed by atoms with van der Waals surface area (Å²) in [4.78, 5) is 23.2. The molecule has 24 heavy (non-hydrogen) atoms. The van der Waals surface area contributed by atoms with Gasteiger partial charge in [0.05, 0.1) is 12.0 Å². The molecular weight excluding hydrogens is 310 g/mol. The highest BCUT2D eigenvalue weighted by atomic mass is 16.3. The molecule has 8 heteroatoms. The van der Waals surface area contributed by atoms with Crippen LogP contribution in [0.25, 0.3) is 0 Å². The van der Waals surface area contributed by atoms with E-state index in [0.29, 0.717) is 19.6 Å². The number of carbonyl (C=O) groups excluding carboxylic acids is 2. The summed E-state index contributed by atoms with van der Waals surface area (Å²) in [5.74, 6) is -0.0457. The zero-order valence-corrected chi connectivity index (χ0v) is 14.0. The number of rotatable bonds is 8. The molecule has 2 aromatic heterocycles. The molecule has 0 spiro atoms. The first-order chi connectivity index (χ1) is 11.6. The van der Waals surface area contributed by atoms with E-state index in [0.717, 1.165) is 24.4 Å². The highest BCUT2D eigenvalue weighted by Gasteiger charge is 2.07. The average molecular weight is 333 g/mol. The molecule has 3 amide bonds. The summed E-state index contributed by atoms with van der Waals surface area (Å²) in [5, 5.41) is 12.5. The van der Waals surface area contributed by atoms with E-state index in [2.05, 4.69) is 21.0 Å². The summed E-state index contributed by atoms with van der Waals surface area (Å²) in [6.07, 6.45) is 2.23. The number of hydrogen-bond donors (Lipinski definition) is 3. The number of nitrogens with one attached hydrogen (secondary N) is 3. The average Bonchev–Trinajstić information content (AvgIpc) is 3.18. The summed E-state index contributed by atoms with van der Waals surface area (Å²) in [5.41, 5.74) is 2.11. The Hall–Kier alpha value is -2.77. The van der Waals surface area contributed by atoms with Crippen LogP contribution in [0.2, 0.25) is 0 Å². The molecule has 130 valence electrons. The fraction of sp³-hybridized carbons (Fsp3) is 0.438. The predicted molar refractivity (Wildman–Crippen MR) is 88.8 cm³/mol. The van der Waals surface area contributed by atoms with Gasteiger partial charge in [0.1, 0.15) is 0 Å². The molecule has 0 fully saturated rings. The molecule has 2 aromatic rings. The van der Waals surface area contributed by atoms with E-state index in [1.54, 1.807) is 12.1 Å². The van der Waals surface area contributed by atoms with Crippen LogP contribution < -0.4 is 16.0 Å². The Bertz CT molecular complexity index is 663. The summed E-state index contributed by atoms with van der Waals surface area (Å²) < 4.78 is 6.90. The maximum absolute atomic E-state index is 11.6. The fourth-order valence-electron chi connectivity index (χ4n) is 2.24. The van der Waals surface area contributed by atoms with Gasteiger partial charge in [0, 0.05) is 31.9 Å². The normalized spacial score (nSPS) is 10.4. The van der Waals surface area contributed by atoms with Gasteiger partial charge in [-0.05, 0) is 38.5 Å². The summed E-state index contributed by atoms with van der Waals surface area (Å²) in [6, 6.07) is 5.00. The fourth-order valence-corrected chi connectivity index (χ4v) is 2.24. The van der Waals surface area contributed by atoms with Crippen LogP contribution in [0.4, 0.5) is 4.79 Å². The summed E-state index contributed by atoms with van der Waals surface area (Å²) >= 11 is 0. The molecule has 0 aliphatic carbocycles. The minimum atomic E-state index is -0.299. The van der Waals surface area contributed by atoms with Gasteiger partial charge in [-0.1, -0.05) is 0 Å². The van der Waals surface area contributed by atoms with Crippen molar-refractivity contribution in [1.29, 1.82) is 0 Å². The maximum atomic E-state index is 11.6. The van der Waals surface area contributed by atoms with Crippen LogP contribution >= 0.6 is 0 Å². The lowest BCUT2D eigenvalue weighted by molar-refractivity contribution is 0.0926. The molecule has 0 aromatic carbocycles. The van der Waals surface area contributed by atoms with Crippen molar-refractivity contribution in [2.45, 2.75) is 26.8 Å². The van der Waals surface area contributed by atoms with E-state index in [-0.39, 0.29) is 17.7 Å². The molecule has 0 saturated heterocycles. The van der Waals surface area contributed by atoms with Gasteiger partial charge < -0.3 is 20.4 Å². The van der Waals surface area contributed by atoms with E-state index in [4.69, 9.17) is 4.42 Å². The predicted octanol–water partition coefficient (Wildman–Crippen LogP) is 1.21. The Balaban J connectivity index is 1.52. The lowest BCUT2D eigenvalue weighted by atomic mass is 10.4. The number of amides is 3. The Kier molecular flexibility index (Phi) is 6.41. The monoisotopic (exact) mass is 333 g/mol. The Morgan fingerprint density at radius 3 is 2.58 bits per heavy atom. The first kappa shape index (κ1) is 17.6. The maximum Gasteiger partial charge on any atom is 0.314 e. The molecule has 0 saturated carbocycles. The van der Waals surface area contributed by atoms with E-state index >= 15 is 0 Å². The number of carbonyl (C=O) groups is 2. The molecule has 0 aliphatic rings. The van der Waals surface area contributed by atoms with Gasteiger partial charge in [-0.15, -0.1) is 0 Å². The third-order valence-corrected chi connectivity index (χ3v) is 3.38. The van der Waals surface area contributed by atoms with E-state index in [9.17, 15) is 9.59 Å². The van der Waals surface area contributed by atoms with Crippen molar-refractivity contribution < 1.29 is 14.0 Å². The molecule has 2 rings (SSSR count). The third-order valence-electron chi connectivity index (χ3n) is 3.38. The van der Waals surface area contributed by atoms with Crippen LogP contribution in [0.5, 0.6) is 0 Å². The van der Waals surface area contributed by atoms with Gasteiger partial charge in [0.2, 0.25) is 0 Å². The van der Waals surface area contributed by atoms with Crippen molar-refractivity contribution in [1.82, 2.24) is 25.7 Å². The highest BCUT2D eigenvalue weighted by Crippen LogP contribution is 2.02. The van der Waals surface area contributed by atoms with Gasteiger partial charge in [-0.25, -0.2) is 4.79 Å². The second-order valence-electron chi connectivity index (χ2n) is 5.42. The molecule has 0 unspecified atom stereocenters. The van der Waals surface area contributed by atoms with Gasteiger partial charge >= 0.3 is 6.03 Å². The smallest absolute Gasteiger partial charge is 0.314 e. The Morgan fingerprint density at radius 1 is 1.17 bits per heavy atom. The van der Waals surface area contributed by atoms with Crippen molar-refractivity contribution in [3.05, 3.63) is 41.6 Å². The lowest BCUT2D eigenvalue weighted by Crippen LogP contribution is -2.40. The molecule has 0 atom stereocenters. The van der Waals surface area contributed by atoms with Crippen LogP contribution in [0, 0.1) is 13.8 Å². The second kappa shape index (κ2) is 8.76. The van der Waals surface area contributed by atoms with Crippen molar-refractivity contribution in [2.24, 2.45) is 0 Å². The van der Waals surface area contributed by atoms with Gasteiger partial charge in [0.25, 0.3) is 5.91 Å². The lowest BCUT2D eigenvalue weighted by Gasteiger charge is -2.09. The molecular formula is C16H23N5O3. The van der Waals surface area contributed by atoms with Crippen molar-refractivity contribution in [3.8, 4) is 0 Å². The molecule has 0 aliphatic heterocycles. The standard InChI is InChI=1S/C16H23N5O3/c1-12-11-13(2)21(20-12)9-4-6-18-16(23)19-8-7-17-15(22)14-5-3-10-24-14/h3,5,10-11H,4,6-9H2,1-2H3,(H,17,22)(H2,18,19,23). The number of urea groups is 1. The van der Waals surface area contributed by atoms with Crippen LogP contribution in [-0.2, 0) is 6.54 Å². The zero-order chi connectivity index (χ0) is 17.4. The first-order valence-electron chi connectivity index (χ1n) is 7.90. The minimum Gasteiger partial charge on any atom is -0.459 e. The number of furan rings is 1. The minimum absolute atomic E-state index is 0.253. The van der Waals surface area contributed by atoms with E-state index < -0.39 is 0 Å². The van der Waals surface area contributed by atoms with E-state index in [1.807, 2.05) is 24.6 Å². The highest BCUT2D eigenvalue weighted by molar-refractivity contribution is 5.91. The van der Waals surface area contributed by atoms with Crippen LogP contribution in [0.3, 0.4) is 0 Å². The number of aromatic nitrogens is 2. The SMILES string of the molecule is Cc1cc(C)n(CCCNC(=O)NCCNC(=O)c2ccco2)n1. The second-order valence-corrected chi connectivity index (χ2v) is 5.42. The van der Waals surface area contributed by atoms with Crippen LogP contribution in [0.15, 0.2) is 28.9 Å². The molecule has 0 bridgehead atoms. The Labute approximate surface area is 140 Å². The molecule has 3 N–H and O–H groups in total. The van der Waals surface area contributed by atoms with Gasteiger partial charge in [0.15, 0.2) is 5.76 Å². The summed E-state index contributed by atoms with van der Waals surface area (Å²) in [7, 11) is 0. The third kappa shape index (κ3) is 5.45. The van der Waals surface area contributed by atoms with Crippen LogP contribution in [-0.4, -0.2) is 41.4 Å².